The van der Waals surface area contributed by atoms with Gasteiger partial charge in [-0.15, -0.1) is 0 Å². The predicted octanol–water partition coefficient (Wildman–Crippen LogP) is 9.00. The quantitative estimate of drug-likeness (QED) is 0.192. The maximum Gasteiger partial charge on any atom is 0.230 e. The van der Waals surface area contributed by atoms with Crippen molar-refractivity contribution in [1.29, 1.82) is 0 Å². The Kier molecular flexibility index (Phi) is 12.2. The van der Waals surface area contributed by atoms with Crippen molar-refractivity contribution in [3.8, 4) is 0 Å². The van der Waals surface area contributed by atoms with Gasteiger partial charge in [-0.1, -0.05) is 12.1 Å². The summed E-state index contributed by atoms with van der Waals surface area (Å²) in [6.07, 6.45) is 9.74. The van der Waals surface area contributed by atoms with Crippen molar-refractivity contribution < 1.29 is 28.3 Å². The topological polar surface area (TPSA) is 116 Å². The molecule has 64 heavy (non-hydrogen) atoms. The maximum atomic E-state index is 14.9. The van der Waals surface area contributed by atoms with Gasteiger partial charge in [0.25, 0.3) is 0 Å². The second kappa shape index (κ2) is 18.3. The number of aromatic nitrogens is 2. The number of morpholine rings is 1. The highest BCUT2D eigenvalue weighted by Gasteiger charge is 2.39. The largest absolute Gasteiger partial charge is 0.381 e. The monoisotopic (exact) mass is 872 g/mol. The van der Waals surface area contributed by atoms with Gasteiger partial charge in [-0.25, -0.2) is 19.4 Å². The molecule has 2 amide bonds. The van der Waals surface area contributed by atoms with Crippen LogP contribution < -0.4 is 30.0 Å². The van der Waals surface area contributed by atoms with Crippen molar-refractivity contribution in [2.24, 2.45) is 11.8 Å². The van der Waals surface area contributed by atoms with Crippen LogP contribution >= 0.6 is 0 Å². The standard InChI is InChI=1S/C50H61FN8O5/c1-32-31-63-33(2)28-56(32)40-12-18-43-45(27-40)57(29-36-6-4-22-52-47(36)54-43)49(60)35-10-16-42(17-11-35)64-59-44-19-13-39(55-24-20-38(51)21-25-55)26-46(44)58(30-37-7-5-23-53-48(37)59)50(61)34-8-14-41(62-3)15-9-34/h4-7,12-13,18-19,22-23,26-27,32-35,38,41-42H,8-11,14-17,20-21,24-25,28-31H2,1-3H3,(H,52,54)/t32-,33+,34?,35?,41?,42?/m1/s1. The van der Waals surface area contributed by atoms with Crippen LogP contribution in [-0.4, -0.2) is 85.7 Å². The number of rotatable bonds is 7. The fraction of sp³-hybridized carbons (Fsp3) is 0.520. The summed E-state index contributed by atoms with van der Waals surface area (Å²) in [4.78, 5) is 54.7. The van der Waals surface area contributed by atoms with Crippen molar-refractivity contribution in [2.45, 2.75) is 122 Å². The molecule has 1 N–H and O–H groups in total. The Morgan fingerprint density at radius 2 is 1.38 bits per heavy atom. The predicted molar refractivity (Wildman–Crippen MR) is 247 cm³/mol. The first-order valence-corrected chi connectivity index (χ1v) is 23.5. The van der Waals surface area contributed by atoms with Crippen molar-refractivity contribution >= 4 is 57.6 Å². The number of nitrogens with one attached hydrogen (secondary N) is 1. The number of anilines is 8. The number of methoxy groups -OCH3 is 1. The van der Waals surface area contributed by atoms with Crippen LogP contribution in [0.15, 0.2) is 73.1 Å². The molecule has 2 aromatic carbocycles. The third-order valence-corrected chi connectivity index (χ3v) is 14.5. The van der Waals surface area contributed by atoms with E-state index in [1.165, 1.54) is 0 Å². The smallest absolute Gasteiger partial charge is 0.230 e. The minimum absolute atomic E-state index is 0.0934. The average Bonchev–Trinajstić information content (AvgIpc) is 3.58. The van der Waals surface area contributed by atoms with E-state index in [-0.39, 0.29) is 48.0 Å². The number of piperidine rings is 1. The molecule has 4 fully saturated rings. The number of alkyl halides is 1. The molecule has 0 radical (unpaired) electrons. The van der Waals surface area contributed by atoms with E-state index in [4.69, 9.17) is 19.3 Å². The average molecular weight is 873 g/mol. The van der Waals surface area contributed by atoms with Gasteiger partial charge in [0.15, 0.2) is 5.82 Å². The molecule has 0 bridgehead atoms. The van der Waals surface area contributed by atoms with E-state index in [1.54, 1.807) is 19.5 Å². The third-order valence-electron chi connectivity index (χ3n) is 14.5. The molecule has 14 heteroatoms. The van der Waals surface area contributed by atoms with Gasteiger partial charge < -0.3 is 34.4 Å². The first-order chi connectivity index (χ1) is 31.2. The zero-order chi connectivity index (χ0) is 43.9. The summed E-state index contributed by atoms with van der Waals surface area (Å²) in [5, 5.41) is 5.39. The Morgan fingerprint density at radius 3 is 2.11 bits per heavy atom. The first-order valence-electron chi connectivity index (χ1n) is 23.5. The molecule has 10 rings (SSSR count). The molecule has 4 aliphatic heterocycles. The molecule has 2 saturated heterocycles. The second-order valence-corrected chi connectivity index (χ2v) is 18.7. The number of hydrogen-bond donors (Lipinski definition) is 1. The number of ether oxygens (including phenoxy) is 2. The lowest BCUT2D eigenvalue weighted by Crippen LogP contribution is -2.47. The van der Waals surface area contributed by atoms with Crippen LogP contribution in [0.3, 0.4) is 0 Å². The molecule has 0 spiro atoms. The molecule has 13 nitrogen and oxygen atoms in total. The van der Waals surface area contributed by atoms with Gasteiger partial charge >= 0.3 is 0 Å². The molecule has 2 aliphatic carbocycles. The minimum atomic E-state index is -0.792. The third kappa shape index (κ3) is 8.52. The zero-order valence-corrected chi connectivity index (χ0v) is 37.3. The molecule has 2 saturated carbocycles. The number of amides is 2. The van der Waals surface area contributed by atoms with E-state index in [9.17, 15) is 14.0 Å². The molecule has 0 unspecified atom stereocenters. The van der Waals surface area contributed by atoms with Crippen molar-refractivity contribution in [1.82, 2.24) is 9.97 Å². The zero-order valence-electron chi connectivity index (χ0n) is 37.3. The molecule has 6 aliphatic rings. The van der Waals surface area contributed by atoms with E-state index in [0.29, 0.717) is 77.1 Å². The Balaban J connectivity index is 0.916. The van der Waals surface area contributed by atoms with Gasteiger partial charge in [-0.3, -0.25) is 14.4 Å². The summed E-state index contributed by atoms with van der Waals surface area (Å²) in [6, 6.07) is 20.7. The van der Waals surface area contributed by atoms with Crippen LogP contribution in [-0.2, 0) is 37.0 Å². The van der Waals surface area contributed by atoms with Crippen molar-refractivity contribution in [3.05, 3.63) is 84.2 Å². The molecular weight excluding hydrogens is 812 g/mol. The number of benzene rings is 2. The number of carbonyl (C=O) groups is 2. The molecule has 2 atom stereocenters. The highest BCUT2D eigenvalue weighted by Crippen LogP contribution is 2.46. The molecular formula is C50H61FN8O5. The molecule has 338 valence electrons. The molecule has 6 heterocycles. The second-order valence-electron chi connectivity index (χ2n) is 18.7. The lowest BCUT2D eigenvalue weighted by atomic mass is 9.86. The first kappa shape index (κ1) is 42.6. The van der Waals surface area contributed by atoms with Gasteiger partial charge in [-0.05, 0) is 127 Å². The number of nitrogens with zero attached hydrogens (tertiary/aromatic N) is 7. The summed E-state index contributed by atoms with van der Waals surface area (Å²) < 4.78 is 25.9. The lowest BCUT2D eigenvalue weighted by Gasteiger charge is -2.39. The van der Waals surface area contributed by atoms with E-state index in [1.807, 2.05) is 45.2 Å². The van der Waals surface area contributed by atoms with Gasteiger partial charge in [0.2, 0.25) is 11.8 Å². The number of halogens is 1. The van der Waals surface area contributed by atoms with Gasteiger partial charge in [0, 0.05) is 79.5 Å². The normalized spacial score (nSPS) is 26.2. The van der Waals surface area contributed by atoms with Gasteiger partial charge in [0.05, 0.1) is 60.8 Å². The number of pyridine rings is 2. The van der Waals surface area contributed by atoms with Gasteiger partial charge in [0.1, 0.15) is 12.0 Å². The van der Waals surface area contributed by atoms with E-state index in [0.717, 1.165) is 83.3 Å². The SMILES string of the molecule is COC1CCC(C(=O)N2Cc3cccnc3N(OC3CCC(C(=O)N4Cc5cccnc5Nc5ccc(N6C[C@H](C)OC[C@H]6C)cc54)CC3)c3ccc(N4CCC(F)CC4)cc32)CC1. The summed E-state index contributed by atoms with van der Waals surface area (Å²) in [6.45, 7) is 7.72. The highest BCUT2D eigenvalue weighted by atomic mass is 19.1. The van der Waals surface area contributed by atoms with Crippen LogP contribution in [0.5, 0.6) is 0 Å². The van der Waals surface area contributed by atoms with Crippen LogP contribution in [0.25, 0.3) is 0 Å². The maximum absolute atomic E-state index is 14.9. The summed E-state index contributed by atoms with van der Waals surface area (Å²) >= 11 is 0. The van der Waals surface area contributed by atoms with E-state index >= 15 is 0 Å². The fourth-order valence-corrected chi connectivity index (χ4v) is 10.7. The Labute approximate surface area is 375 Å². The van der Waals surface area contributed by atoms with Crippen LogP contribution in [0.2, 0.25) is 0 Å². The molecule has 4 aromatic rings. The van der Waals surface area contributed by atoms with Crippen molar-refractivity contribution in [3.63, 3.8) is 0 Å². The number of hydrogen-bond acceptors (Lipinski definition) is 11. The molecule has 2 aromatic heterocycles. The van der Waals surface area contributed by atoms with Crippen LogP contribution in [0.4, 0.5) is 50.2 Å². The number of carbonyl (C=O) groups excluding carboxylic acids is 2. The summed E-state index contributed by atoms with van der Waals surface area (Å²) in [5.74, 6) is 1.29. The highest BCUT2D eigenvalue weighted by molar-refractivity contribution is 6.01. The Hall–Kier alpha value is -5.31. The minimum Gasteiger partial charge on any atom is -0.381 e. The fourth-order valence-electron chi connectivity index (χ4n) is 10.7. The van der Waals surface area contributed by atoms with E-state index < -0.39 is 6.17 Å². The van der Waals surface area contributed by atoms with Crippen LogP contribution in [0.1, 0.15) is 89.2 Å². The summed E-state index contributed by atoms with van der Waals surface area (Å²) in [7, 11) is 1.75. The Bertz CT molecular complexity index is 2330. The van der Waals surface area contributed by atoms with Crippen LogP contribution in [0, 0.1) is 11.8 Å². The van der Waals surface area contributed by atoms with Crippen molar-refractivity contribution in [2.75, 3.05) is 63.3 Å². The lowest BCUT2D eigenvalue weighted by molar-refractivity contribution is -0.125. The van der Waals surface area contributed by atoms with E-state index in [2.05, 4.69) is 64.3 Å². The number of fused-ring (bicyclic) bond motifs is 4. The summed E-state index contributed by atoms with van der Waals surface area (Å²) in [5.41, 5.74) is 7.13. The van der Waals surface area contributed by atoms with Gasteiger partial charge in [-0.2, -0.15) is 0 Å². The Morgan fingerprint density at radius 1 is 0.734 bits per heavy atom.